The second-order valence-corrected chi connectivity index (χ2v) is 13.5. The average Bonchev–Trinajstić information content (AvgIpc) is 3.45. The van der Waals surface area contributed by atoms with Crippen molar-refractivity contribution in [3.63, 3.8) is 0 Å². The van der Waals surface area contributed by atoms with Gasteiger partial charge in [0.15, 0.2) is 5.58 Å². The minimum atomic E-state index is -0.770. The third-order valence-electron chi connectivity index (χ3n) is 10.9. The summed E-state index contributed by atoms with van der Waals surface area (Å²) in [7, 11) is 3.29. The van der Waals surface area contributed by atoms with Gasteiger partial charge < -0.3 is 34.2 Å². The summed E-state index contributed by atoms with van der Waals surface area (Å²) in [6.45, 7) is 5.58. The Bertz CT molecular complexity index is 2310. The predicted molar refractivity (Wildman–Crippen MR) is 192 cm³/mol. The van der Waals surface area contributed by atoms with Crippen LogP contribution in [-0.2, 0) is 17.9 Å². The van der Waals surface area contributed by atoms with E-state index in [1.165, 1.54) is 0 Å². The van der Waals surface area contributed by atoms with Gasteiger partial charge in [0.05, 0.1) is 61.6 Å². The molecule has 2 aromatic heterocycles. The van der Waals surface area contributed by atoms with Gasteiger partial charge in [0.25, 0.3) is 0 Å². The highest BCUT2D eigenvalue weighted by Gasteiger charge is 2.65. The Balaban J connectivity index is 1.14. The largest absolute Gasteiger partial charge is 0.496 e. The maximum Gasteiger partial charge on any atom is 0.227 e. The smallest absolute Gasteiger partial charge is 0.227 e. The molecule has 0 bridgehead atoms. The zero-order valence-electron chi connectivity index (χ0n) is 28.9. The molecule has 1 saturated carbocycles. The van der Waals surface area contributed by atoms with Gasteiger partial charge in [-0.15, -0.1) is 0 Å². The molecule has 260 valence electrons. The molecule has 11 heteroatoms. The Labute approximate surface area is 295 Å². The van der Waals surface area contributed by atoms with E-state index >= 15 is 0 Å². The van der Waals surface area contributed by atoms with Gasteiger partial charge in [-0.2, -0.15) is 10.4 Å². The second kappa shape index (κ2) is 12.8. The molecule has 0 radical (unpaired) electrons. The Kier molecular flexibility index (Phi) is 8.27. The first-order chi connectivity index (χ1) is 24.8. The van der Waals surface area contributed by atoms with Gasteiger partial charge in [-0.05, 0) is 65.8 Å². The molecule has 0 spiro atoms. The number of aromatic nitrogens is 3. The summed E-state index contributed by atoms with van der Waals surface area (Å²) >= 11 is 0. The Morgan fingerprint density at radius 3 is 2.55 bits per heavy atom. The summed E-state index contributed by atoms with van der Waals surface area (Å²) in [6, 6.07) is 21.4. The molecule has 11 nitrogen and oxygen atoms in total. The molecule has 2 fully saturated rings. The van der Waals surface area contributed by atoms with Crippen molar-refractivity contribution in [2.75, 3.05) is 27.4 Å². The molecule has 0 amide bonds. The number of hydrogen-bond acceptors (Lipinski definition) is 10. The van der Waals surface area contributed by atoms with Crippen LogP contribution in [0.1, 0.15) is 35.6 Å². The highest BCUT2D eigenvalue weighted by atomic mass is 16.5. The maximum atomic E-state index is 11.4. The molecule has 1 aliphatic carbocycles. The summed E-state index contributed by atoms with van der Waals surface area (Å²) in [6.07, 6.45) is 2.59. The molecule has 2 unspecified atom stereocenters. The lowest BCUT2D eigenvalue weighted by atomic mass is 9.94. The Morgan fingerprint density at radius 2 is 1.80 bits per heavy atom. The normalized spacial score (nSPS) is 21.3. The van der Waals surface area contributed by atoms with Crippen molar-refractivity contribution >= 4 is 22.0 Å². The first kappa shape index (κ1) is 32.9. The number of rotatable bonds is 9. The number of ether oxygens (including phenoxy) is 3. The van der Waals surface area contributed by atoms with Crippen LogP contribution in [0.15, 0.2) is 71.3 Å². The maximum absolute atomic E-state index is 11.4. The van der Waals surface area contributed by atoms with Gasteiger partial charge in [0.2, 0.25) is 5.89 Å². The first-order valence-electron chi connectivity index (χ1n) is 17.1. The number of nitriles is 1. The van der Waals surface area contributed by atoms with Crippen LogP contribution in [0.25, 0.3) is 50.3 Å². The van der Waals surface area contributed by atoms with Crippen LogP contribution in [0.3, 0.4) is 0 Å². The number of nitrogens with zero attached hydrogens (tertiary/aromatic N) is 4. The minimum Gasteiger partial charge on any atom is -0.496 e. The fourth-order valence-corrected chi connectivity index (χ4v) is 7.94. The number of hydrogen-bond donors (Lipinski definition) is 3. The number of aliphatic hydroxyl groups is 2. The molecule has 2 aliphatic rings. The molecule has 51 heavy (non-hydrogen) atoms. The van der Waals surface area contributed by atoms with E-state index in [1.54, 1.807) is 26.4 Å². The number of benzene rings is 4. The van der Waals surface area contributed by atoms with Crippen molar-refractivity contribution in [2.24, 2.45) is 11.8 Å². The highest BCUT2D eigenvalue weighted by molar-refractivity contribution is 5.97. The zero-order chi connectivity index (χ0) is 35.4. The van der Waals surface area contributed by atoms with E-state index in [0.717, 1.165) is 50.8 Å². The van der Waals surface area contributed by atoms with Crippen LogP contribution >= 0.6 is 0 Å². The van der Waals surface area contributed by atoms with Crippen molar-refractivity contribution in [3.05, 3.63) is 89.1 Å². The number of oxazole rings is 1. The van der Waals surface area contributed by atoms with Crippen LogP contribution in [0, 0.1) is 30.1 Å². The van der Waals surface area contributed by atoms with Crippen LogP contribution in [0.2, 0.25) is 0 Å². The lowest BCUT2D eigenvalue weighted by Crippen LogP contribution is -2.43. The van der Waals surface area contributed by atoms with Crippen LogP contribution in [-0.4, -0.2) is 64.1 Å². The fourth-order valence-electron chi connectivity index (χ4n) is 7.94. The molecule has 3 heterocycles. The molecule has 4 aromatic carbocycles. The molecule has 6 aromatic rings. The summed E-state index contributed by atoms with van der Waals surface area (Å²) < 4.78 is 25.6. The van der Waals surface area contributed by atoms with E-state index in [1.807, 2.05) is 54.2 Å². The van der Waals surface area contributed by atoms with Gasteiger partial charge in [-0.1, -0.05) is 31.2 Å². The van der Waals surface area contributed by atoms with Crippen LogP contribution < -0.4 is 14.8 Å². The van der Waals surface area contributed by atoms with E-state index < -0.39 is 5.60 Å². The first-order valence-corrected chi connectivity index (χ1v) is 17.1. The molecule has 8 rings (SSSR count). The zero-order valence-corrected chi connectivity index (χ0v) is 28.9. The SMILES string of the molecule is COc1cc(-n2ncc3c(-c4cccc(-c5nc6cc(CO)cc(C#N)c6o5)c4C)cccc32)cc(OC)c1CN[C@@H]1CCOCC2C(C)[C@@]21O. The summed E-state index contributed by atoms with van der Waals surface area (Å²) in [5.41, 5.74) is 7.38. The average molecular weight is 686 g/mol. The highest BCUT2D eigenvalue weighted by Crippen LogP contribution is 2.54. The lowest BCUT2D eigenvalue weighted by Gasteiger charge is -2.25. The molecular weight excluding hydrogens is 646 g/mol. The van der Waals surface area contributed by atoms with Gasteiger partial charge in [-0.3, -0.25) is 0 Å². The number of aliphatic hydroxyl groups excluding tert-OH is 1. The Morgan fingerprint density at radius 1 is 1.06 bits per heavy atom. The van der Waals surface area contributed by atoms with E-state index in [9.17, 15) is 15.5 Å². The topological polar surface area (TPSA) is 148 Å². The van der Waals surface area contributed by atoms with E-state index in [-0.39, 0.29) is 24.5 Å². The monoisotopic (exact) mass is 685 g/mol. The van der Waals surface area contributed by atoms with Gasteiger partial charge in [0.1, 0.15) is 23.1 Å². The molecule has 1 aliphatic heterocycles. The van der Waals surface area contributed by atoms with Crippen molar-refractivity contribution in [2.45, 2.75) is 45.1 Å². The van der Waals surface area contributed by atoms with E-state index in [0.29, 0.717) is 59.4 Å². The molecule has 1 saturated heterocycles. The van der Waals surface area contributed by atoms with Gasteiger partial charge >= 0.3 is 0 Å². The summed E-state index contributed by atoms with van der Waals surface area (Å²) in [5.74, 6) is 2.04. The van der Waals surface area contributed by atoms with Crippen molar-refractivity contribution in [3.8, 4) is 45.8 Å². The van der Waals surface area contributed by atoms with Crippen LogP contribution in [0.5, 0.6) is 11.5 Å². The third kappa shape index (κ3) is 5.34. The van der Waals surface area contributed by atoms with E-state index in [2.05, 4.69) is 30.4 Å². The number of nitrogens with one attached hydrogen (secondary N) is 1. The molecule has 4 atom stereocenters. The van der Waals surface area contributed by atoms with Crippen LogP contribution in [0.4, 0.5) is 0 Å². The number of methoxy groups -OCH3 is 2. The standard InChI is InChI=1S/C40H39N5O6/c1-22-27(7-5-8-28(22)39-44-33-14-24(20-46)13-25(17-41)38(33)51-39)29-9-6-10-34-30(29)19-43-45(34)26-15-35(48-3)31(36(16-26)49-4)18-42-37-11-12-50-21-32-23(2)40(32,37)47/h5-10,13-16,19,23,32,37,42,46-47H,11-12,18,20-21H2,1-4H3/t23?,32?,37-,40-/m1/s1. The predicted octanol–water partition coefficient (Wildman–Crippen LogP) is 6.07. The Hall–Kier alpha value is -5.25. The summed E-state index contributed by atoms with van der Waals surface area (Å²) in [5, 5.41) is 40.1. The lowest BCUT2D eigenvalue weighted by molar-refractivity contribution is 0.0759. The van der Waals surface area contributed by atoms with E-state index in [4.69, 9.17) is 28.7 Å². The fraction of sp³-hybridized carbons (Fsp3) is 0.325. The molecule has 3 N–H and O–H groups in total. The van der Waals surface area contributed by atoms with Gasteiger partial charge in [-0.25, -0.2) is 9.67 Å². The second-order valence-electron chi connectivity index (χ2n) is 13.5. The quantitative estimate of drug-likeness (QED) is 0.164. The van der Waals surface area contributed by atoms with Gasteiger partial charge in [0, 0.05) is 48.2 Å². The van der Waals surface area contributed by atoms with Crippen molar-refractivity contribution < 1.29 is 28.8 Å². The third-order valence-corrected chi connectivity index (χ3v) is 10.9. The number of fused-ring (bicyclic) bond motifs is 3. The minimum absolute atomic E-state index is 0.0960. The summed E-state index contributed by atoms with van der Waals surface area (Å²) in [4.78, 5) is 4.71. The van der Waals surface area contributed by atoms with Crippen molar-refractivity contribution in [1.82, 2.24) is 20.1 Å². The molecular formula is C40H39N5O6. The van der Waals surface area contributed by atoms with Crippen molar-refractivity contribution in [1.29, 1.82) is 5.26 Å².